The second kappa shape index (κ2) is 9.97. The van der Waals surface area contributed by atoms with Gasteiger partial charge in [0.25, 0.3) is 0 Å². The molecule has 200 valence electrons. The van der Waals surface area contributed by atoms with E-state index >= 15 is 4.39 Å². The van der Waals surface area contributed by atoms with E-state index in [9.17, 15) is 5.11 Å². The second-order valence-electron chi connectivity index (χ2n) is 10.5. The maximum Gasteiger partial charge on any atom is 0.227 e. The fourth-order valence-electron chi connectivity index (χ4n) is 6.08. The summed E-state index contributed by atoms with van der Waals surface area (Å²) >= 11 is 0. The lowest BCUT2D eigenvalue weighted by atomic mass is 10.1. The number of fused-ring (bicyclic) bond motifs is 3. The van der Waals surface area contributed by atoms with Crippen molar-refractivity contribution >= 4 is 34.3 Å². The van der Waals surface area contributed by atoms with Crippen molar-refractivity contribution < 1.29 is 9.50 Å². The first kappa shape index (κ1) is 24.1. The van der Waals surface area contributed by atoms with E-state index < -0.39 is 5.82 Å². The number of hydrogen-bond donors (Lipinski definition) is 2. The number of rotatable bonds is 7. The van der Waals surface area contributed by atoms with Crippen molar-refractivity contribution in [2.75, 3.05) is 54.4 Å². The predicted molar refractivity (Wildman–Crippen MR) is 148 cm³/mol. The average molecular weight is 528 g/mol. The maximum atomic E-state index is 15.1. The number of hydrogen-bond acceptors (Lipinski definition) is 10. The number of aliphatic hydroxyl groups excluding tert-OH is 1. The average Bonchev–Trinajstić information content (AvgIpc) is 3.72. The number of benzene rings is 1. The molecule has 3 aliphatic heterocycles. The van der Waals surface area contributed by atoms with Crippen molar-refractivity contribution in [3.8, 4) is 11.3 Å². The van der Waals surface area contributed by atoms with Gasteiger partial charge in [-0.15, -0.1) is 0 Å². The lowest BCUT2D eigenvalue weighted by molar-refractivity contribution is 0.177. The molecule has 3 fully saturated rings. The smallest absolute Gasteiger partial charge is 0.227 e. The highest BCUT2D eigenvalue weighted by atomic mass is 19.1. The van der Waals surface area contributed by atoms with Crippen LogP contribution in [0.25, 0.3) is 22.2 Å². The molecule has 2 bridgehead atoms. The number of piperazine rings is 1. The molecule has 0 radical (unpaired) electrons. The molecule has 0 aliphatic carbocycles. The molecule has 11 heteroatoms. The van der Waals surface area contributed by atoms with Gasteiger partial charge in [-0.3, -0.25) is 4.90 Å². The van der Waals surface area contributed by atoms with Crippen LogP contribution >= 0.6 is 0 Å². The molecule has 4 aromatic rings. The van der Waals surface area contributed by atoms with Crippen LogP contribution in [0, 0.1) is 5.82 Å². The number of pyridine rings is 1. The molecule has 10 nitrogen and oxygen atoms in total. The SMILES string of the molecule is OCCN1C[C@@H]2C[C@H]1CN2c1ccc(Nc2nccc(-c3cc(F)c4nc(N5CCCC5)ncc4c3)n2)cn1. The fourth-order valence-corrected chi connectivity index (χ4v) is 6.08. The number of likely N-dealkylation sites (tertiary alicyclic amines) is 1. The van der Waals surface area contributed by atoms with Crippen LogP contribution in [-0.4, -0.2) is 86.3 Å². The molecule has 0 saturated carbocycles. The molecular formula is C28H30FN9O. The van der Waals surface area contributed by atoms with Crippen LogP contribution in [0.2, 0.25) is 0 Å². The Balaban J connectivity index is 1.07. The molecule has 2 N–H and O–H groups in total. The molecule has 3 saturated heterocycles. The molecule has 0 unspecified atom stereocenters. The third-order valence-electron chi connectivity index (χ3n) is 8.00. The maximum absolute atomic E-state index is 15.1. The van der Waals surface area contributed by atoms with Crippen molar-refractivity contribution in [2.24, 2.45) is 0 Å². The predicted octanol–water partition coefficient (Wildman–Crippen LogP) is 3.22. The quantitative estimate of drug-likeness (QED) is 0.372. The highest BCUT2D eigenvalue weighted by molar-refractivity contribution is 5.84. The Morgan fingerprint density at radius 2 is 1.87 bits per heavy atom. The highest BCUT2D eigenvalue weighted by Gasteiger charge is 2.43. The standard InChI is InChI=1S/C28H30FN9O/c29-23-12-18(11-19-14-32-28(35-26(19)23)36-7-1-2-8-36)24-5-6-30-27(34-24)33-20-3-4-25(31-15-20)38-17-21-13-22(38)16-37(21)9-10-39/h3-6,11-12,14-15,21-22,39H,1-2,7-10,13,16-17H2,(H,30,33,34)/t21-,22-/m0/s1. The van der Waals surface area contributed by atoms with Crippen molar-refractivity contribution in [3.05, 3.63) is 54.7 Å². The van der Waals surface area contributed by atoms with Gasteiger partial charge in [0.15, 0.2) is 0 Å². The molecule has 0 spiro atoms. The first-order chi connectivity index (χ1) is 19.1. The van der Waals surface area contributed by atoms with Crippen LogP contribution in [0.1, 0.15) is 19.3 Å². The van der Waals surface area contributed by atoms with Gasteiger partial charge in [-0.1, -0.05) is 0 Å². The molecule has 3 aromatic heterocycles. The summed E-state index contributed by atoms with van der Waals surface area (Å²) in [6.45, 7) is 4.66. The summed E-state index contributed by atoms with van der Waals surface area (Å²) in [5.41, 5.74) is 2.33. The first-order valence-corrected chi connectivity index (χ1v) is 13.5. The van der Waals surface area contributed by atoms with Crippen LogP contribution in [0.4, 0.5) is 27.8 Å². The molecule has 1 aromatic carbocycles. The van der Waals surface area contributed by atoms with E-state index in [1.807, 2.05) is 18.2 Å². The molecule has 7 rings (SSSR count). The van der Waals surface area contributed by atoms with Gasteiger partial charge >= 0.3 is 0 Å². The van der Waals surface area contributed by atoms with E-state index in [-0.39, 0.29) is 6.61 Å². The number of nitrogens with one attached hydrogen (secondary N) is 1. The van der Waals surface area contributed by atoms with Crippen LogP contribution < -0.4 is 15.1 Å². The molecule has 0 amide bonds. The van der Waals surface area contributed by atoms with Gasteiger partial charge in [0.1, 0.15) is 17.2 Å². The molecule has 6 heterocycles. The zero-order chi connectivity index (χ0) is 26.3. The summed E-state index contributed by atoms with van der Waals surface area (Å²) in [5.74, 6) is 1.55. The summed E-state index contributed by atoms with van der Waals surface area (Å²) in [6.07, 6.45) is 8.46. The third-order valence-corrected chi connectivity index (χ3v) is 8.00. The minimum atomic E-state index is -0.395. The number of β-amino-alcohol motifs (C(OH)–C–C–N with tert-alkyl or cyclic N) is 1. The lowest BCUT2D eigenvalue weighted by Gasteiger charge is -2.34. The summed E-state index contributed by atoms with van der Waals surface area (Å²) in [4.78, 5) is 29.4. The summed E-state index contributed by atoms with van der Waals surface area (Å²) in [5, 5.41) is 13.1. The zero-order valence-corrected chi connectivity index (χ0v) is 21.5. The molecule has 2 atom stereocenters. The van der Waals surface area contributed by atoms with Crippen LogP contribution in [0.5, 0.6) is 0 Å². The topological polar surface area (TPSA) is 106 Å². The second-order valence-corrected chi connectivity index (χ2v) is 10.5. The van der Waals surface area contributed by atoms with Gasteiger partial charge < -0.3 is 20.2 Å². The van der Waals surface area contributed by atoms with Gasteiger partial charge in [0.05, 0.1) is 24.2 Å². The highest BCUT2D eigenvalue weighted by Crippen LogP contribution is 2.34. The molecule has 39 heavy (non-hydrogen) atoms. The van der Waals surface area contributed by atoms with Gasteiger partial charge in [-0.2, -0.15) is 0 Å². The molecular weight excluding hydrogens is 497 g/mol. The largest absolute Gasteiger partial charge is 0.395 e. The number of anilines is 4. The van der Waals surface area contributed by atoms with E-state index in [4.69, 9.17) is 0 Å². The van der Waals surface area contributed by atoms with E-state index in [0.29, 0.717) is 46.1 Å². The third kappa shape index (κ3) is 4.61. The lowest BCUT2D eigenvalue weighted by Crippen LogP contribution is -2.47. The van der Waals surface area contributed by atoms with Crippen molar-refractivity contribution in [1.29, 1.82) is 0 Å². The van der Waals surface area contributed by atoms with E-state index in [2.05, 4.69) is 44.9 Å². The molecule has 3 aliphatic rings. The summed E-state index contributed by atoms with van der Waals surface area (Å²) in [6, 6.07) is 10.00. The van der Waals surface area contributed by atoms with Gasteiger partial charge in [0.2, 0.25) is 11.9 Å². The van der Waals surface area contributed by atoms with Crippen LogP contribution in [0.3, 0.4) is 0 Å². The monoisotopic (exact) mass is 527 g/mol. The Morgan fingerprint density at radius 1 is 0.974 bits per heavy atom. The fraction of sp³-hybridized carbons (Fsp3) is 0.393. The Labute approximate surface area is 225 Å². The van der Waals surface area contributed by atoms with Gasteiger partial charge in [-0.05, 0) is 49.6 Å². The Bertz CT molecular complexity index is 1490. The normalized spacial score (nSPS) is 20.9. The number of halogens is 1. The van der Waals surface area contributed by atoms with Crippen molar-refractivity contribution in [2.45, 2.75) is 31.3 Å². The summed E-state index contributed by atoms with van der Waals surface area (Å²) < 4.78 is 15.1. The van der Waals surface area contributed by atoms with Gasteiger partial charge in [-0.25, -0.2) is 29.3 Å². The summed E-state index contributed by atoms with van der Waals surface area (Å²) in [7, 11) is 0. The van der Waals surface area contributed by atoms with Gasteiger partial charge in [0, 0.05) is 68.2 Å². The number of nitrogens with zero attached hydrogens (tertiary/aromatic N) is 8. The van der Waals surface area contributed by atoms with Crippen molar-refractivity contribution in [1.82, 2.24) is 29.8 Å². The number of aromatic nitrogens is 5. The van der Waals surface area contributed by atoms with E-state index in [1.54, 1.807) is 24.7 Å². The first-order valence-electron chi connectivity index (χ1n) is 13.5. The minimum Gasteiger partial charge on any atom is -0.395 e. The zero-order valence-electron chi connectivity index (χ0n) is 21.5. The van der Waals surface area contributed by atoms with E-state index in [1.165, 1.54) is 6.07 Å². The number of aliphatic hydroxyl groups is 1. The van der Waals surface area contributed by atoms with Crippen molar-refractivity contribution in [3.63, 3.8) is 0 Å². The minimum absolute atomic E-state index is 0.203. The Kier molecular flexibility index (Phi) is 6.16. The van der Waals surface area contributed by atoms with Crippen LogP contribution in [-0.2, 0) is 0 Å². The van der Waals surface area contributed by atoms with Crippen LogP contribution in [0.15, 0.2) is 48.9 Å². The Hall–Kier alpha value is -3.96. The van der Waals surface area contributed by atoms with E-state index in [0.717, 1.165) is 63.5 Å². The Morgan fingerprint density at radius 3 is 2.64 bits per heavy atom.